The molecule has 2 unspecified atom stereocenters. The molecule has 0 fully saturated rings. The van der Waals surface area contributed by atoms with Crippen molar-refractivity contribution in [2.45, 2.75) is 38.6 Å². The molecular weight excluding hydrogens is 254 g/mol. The molecule has 1 aliphatic carbocycles. The van der Waals surface area contributed by atoms with Gasteiger partial charge in [-0.05, 0) is 54.8 Å². The molecule has 21 heavy (non-hydrogen) atoms. The Morgan fingerprint density at radius 3 is 2.57 bits per heavy atom. The molecule has 2 aromatic carbocycles. The predicted octanol–water partition coefficient (Wildman–Crippen LogP) is 4.53. The molecule has 0 saturated heterocycles. The second-order valence-electron chi connectivity index (χ2n) is 6.20. The van der Waals surface area contributed by atoms with Crippen LogP contribution in [0.15, 0.2) is 54.6 Å². The highest BCUT2D eigenvalue weighted by Crippen LogP contribution is 2.34. The average Bonchev–Trinajstić information content (AvgIpc) is 2.53. The molecular formula is C20H25N. The normalized spacial score (nSPS) is 21.0. The topological polar surface area (TPSA) is 12.0 Å². The van der Waals surface area contributed by atoms with E-state index in [4.69, 9.17) is 0 Å². The van der Waals surface area contributed by atoms with Gasteiger partial charge in [0.1, 0.15) is 0 Å². The summed E-state index contributed by atoms with van der Waals surface area (Å²) >= 11 is 0. The van der Waals surface area contributed by atoms with Crippen LogP contribution in [-0.4, -0.2) is 6.54 Å². The minimum atomic E-state index is 0.531. The van der Waals surface area contributed by atoms with Gasteiger partial charge in [0, 0.05) is 6.04 Å². The second-order valence-corrected chi connectivity index (χ2v) is 6.20. The van der Waals surface area contributed by atoms with E-state index in [1.165, 1.54) is 36.8 Å². The van der Waals surface area contributed by atoms with E-state index in [-0.39, 0.29) is 0 Å². The maximum atomic E-state index is 3.74. The van der Waals surface area contributed by atoms with E-state index in [1.807, 2.05) is 0 Å². The van der Waals surface area contributed by atoms with Crippen LogP contribution in [0.5, 0.6) is 0 Å². The first-order valence-corrected chi connectivity index (χ1v) is 8.22. The number of rotatable bonds is 5. The van der Waals surface area contributed by atoms with E-state index in [9.17, 15) is 0 Å². The average molecular weight is 279 g/mol. The van der Waals surface area contributed by atoms with Crippen molar-refractivity contribution in [2.75, 3.05) is 6.54 Å². The van der Waals surface area contributed by atoms with E-state index in [2.05, 4.69) is 66.8 Å². The Hall–Kier alpha value is -1.60. The smallest absolute Gasteiger partial charge is 0.0325 e. The van der Waals surface area contributed by atoms with Crippen molar-refractivity contribution in [2.24, 2.45) is 5.92 Å². The van der Waals surface area contributed by atoms with Crippen molar-refractivity contribution in [3.8, 4) is 0 Å². The van der Waals surface area contributed by atoms with Crippen molar-refractivity contribution in [1.82, 2.24) is 5.32 Å². The Bertz CT molecular complexity index is 561. The molecule has 0 aliphatic heterocycles. The van der Waals surface area contributed by atoms with E-state index < -0.39 is 0 Å². The standard InChI is InChI=1S/C20H25N/c1-2-12-21-20-15-17(13-16-8-4-3-5-9-16)14-18-10-6-7-11-19(18)20/h3-11,17,20-21H,2,12-15H2,1H3. The van der Waals surface area contributed by atoms with Gasteiger partial charge in [-0.2, -0.15) is 0 Å². The fraction of sp³-hybridized carbons (Fsp3) is 0.400. The van der Waals surface area contributed by atoms with Crippen molar-refractivity contribution in [3.05, 3.63) is 71.3 Å². The van der Waals surface area contributed by atoms with Gasteiger partial charge in [0.2, 0.25) is 0 Å². The lowest BCUT2D eigenvalue weighted by molar-refractivity contribution is 0.358. The SMILES string of the molecule is CCCNC1CC(Cc2ccccc2)Cc2ccccc21. The molecule has 2 atom stereocenters. The molecule has 0 saturated carbocycles. The summed E-state index contributed by atoms with van der Waals surface area (Å²) in [6.07, 6.45) is 4.86. The van der Waals surface area contributed by atoms with Gasteiger partial charge in [0.05, 0.1) is 0 Å². The zero-order valence-electron chi connectivity index (χ0n) is 12.9. The van der Waals surface area contributed by atoms with Crippen LogP contribution in [0.4, 0.5) is 0 Å². The second kappa shape index (κ2) is 6.91. The molecule has 3 rings (SSSR count). The van der Waals surface area contributed by atoms with Crippen LogP contribution in [0.25, 0.3) is 0 Å². The third kappa shape index (κ3) is 3.54. The summed E-state index contributed by atoms with van der Waals surface area (Å²) in [5, 5.41) is 3.74. The third-order valence-electron chi connectivity index (χ3n) is 4.52. The van der Waals surface area contributed by atoms with E-state index >= 15 is 0 Å². The first-order chi connectivity index (χ1) is 10.4. The van der Waals surface area contributed by atoms with Crippen molar-refractivity contribution in [1.29, 1.82) is 0 Å². The van der Waals surface area contributed by atoms with Crippen LogP contribution in [-0.2, 0) is 12.8 Å². The molecule has 2 aromatic rings. The van der Waals surface area contributed by atoms with Gasteiger partial charge in [-0.25, -0.2) is 0 Å². The van der Waals surface area contributed by atoms with Crippen molar-refractivity contribution in [3.63, 3.8) is 0 Å². The van der Waals surface area contributed by atoms with Crippen LogP contribution < -0.4 is 5.32 Å². The van der Waals surface area contributed by atoms with E-state index in [0.29, 0.717) is 6.04 Å². The summed E-state index contributed by atoms with van der Waals surface area (Å²) in [5.74, 6) is 0.747. The quantitative estimate of drug-likeness (QED) is 0.847. The summed E-state index contributed by atoms with van der Waals surface area (Å²) in [5.41, 5.74) is 4.53. The molecule has 0 heterocycles. The summed E-state index contributed by atoms with van der Waals surface area (Å²) in [6, 6.07) is 20.4. The zero-order valence-corrected chi connectivity index (χ0v) is 12.9. The monoisotopic (exact) mass is 279 g/mol. The molecule has 1 heteroatoms. The van der Waals surface area contributed by atoms with Gasteiger partial charge < -0.3 is 5.32 Å². The molecule has 0 aromatic heterocycles. The number of fused-ring (bicyclic) bond motifs is 1. The number of hydrogen-bond acceptors (Lipinski definition) is 1. The lowest BCUT2D eigenvalue weighted by atomic mass is 9.78. The van der Waals surface area contributed by atoms with Gasteiger partial charge in [0.25, 0.3) is 0 Å². The van der Waals surface area contributed by atoms with Gasteiger partial charge in [-0.3, -0.25) is 0 Å². The predicted molar refractivity (Wildman–Crippen MR) is 89.4 cm³/mol. The summed E-state index contributed by atoms with van der Waals surface area (Å²) < 4.78 is 0. The fourth-order valence-electron chi connectivity index (χ4n) is 3.53. The van der Waals surface area contributed by atoms with Gasteiger partial charge in [-0.15, -0.1) is 0 Å². The molecule has 0 spiro atoms. The Morgan fingerprint density at radius 1 is 1.00 bits per heavy atom. The highest BCUT2D eigenvalue weighted by molar-refractivity contribution is 5.33. The van der Waals surface area contributed by atoms with Gasteiger partial charge in [-0.1, -0.05) is 61.5 Å². The Balaban J connectivity index is 1.76. The number of nitrogens with one attached hydrogen (secondary N) is 1. The van der Waals surface area contributed by atoms with Crippen LogP contribution >= 0.6 is 0 Å². The Kier molecular flexibility index (Phi) is 4.72. The maximum Gasteiger partial charge on any atom is 0.0325 e. The van der Waals surface area contributed by atoms with Gasteiger partial charge in [0.15, 0.2) is 0 Å². The summed E-state index contributed by atoms with van der Waals surface area (Å²) in [4.78, 5) is 0. The molecule has 110 valence electrons. The van der Waals surface area contributed by atoms with E-state index in [1.54, 1.807) is 5.56 Å². The minimum absolute atomic E-state index is 0.531. The summed E-state index contributed by atoms with van der Waals surface area (Å²) in [7, 11) is 0. The minimum Gasteiger partial charge on any atom is -0.310 e. The molecule has 1 aliphatic rings. The van der Waals surface area contributed by atoms with Crippen molar-refractivity contribution >= 4 is 0 Å². The molecule has 1 nitrogen and oxygen atoms in total. The highest BCUT2D eigenvalue weighted by Gasteiger charge is 2.26. The van der Waals surface area contributed by atoms with Crippen LogP contribution in [0.3, 0.4) is 0 Å². The van der Waals surface area contributed by atoms with E-state index in [0.717, 1.165) is 12.5 Å². The first kappa shape index (κ1) is 14.3. The van der Waals surface area contributed by atoms with Crippen LogP contribution in [0.2, 0.25) is 0 Å². The zero-order chi connectivity index (χ0) is 14.5. The van der Waals surface area contributed by atoms with Crippen molar-refractivity contribution < 1.29 is 0 Å². The highest BCUT2D eigenvalue weighted by atomic mass is 14.9. The Morgan fingerprint density at radius 2 is 1.76 bits per heavy atom. The maximum absolute atomic E-state index is 3.74. The fourth-order valence-corrected chi connectivity index (χ4v) is 3.53. The molecule has 0 amide bonds. The third-order valence-corrected chi connectivity index (χ3v) is 4.52. The number of hydrogen-bond donors (Lipinski definition) is 1. The van der Waals surface area contributed by atoms with Gasteiger partial charge >= 0.3 is 0 Å². The lowest BCUT2D eigenvalue weighted by Gasteiger charge is -2.32. The largest absolute Gasteiger partial charge is 0.310 e. The number of benzene rings is 2. The molecule has 0 bridgehead atoms. The molecule has 0 radical (unpaired) electrons. The first-order valence-electron chi connectivity index (χ1n) is 8.22. The van der Waals surface area contributed by atoms with Crippen LogP contribution in [0.1, 0.15) is 42.5 Å². The van der Waals surface area contributed by atoms with Crippen LogP contribution in [0, 0.1) is 5.92 Å². The molecule has 1 N–H and O–H groups in total. The summed E-state index contributed by atoms with van der Waals surface area (Å²) in [6.45, 7) is 3.35. The Labute approximate surface area is 128 Å². The lowest BCUT2D eigenvalue weighted by Crippen LogP contribution is -2.30.